The molecule has 126 valence electrons. The molecule has 0 unspecified atom stereocenters. The van der Waals surface area contributed by atoms with Crippen LogP contribution in [0.2, 0.25) is 0 Å². The maximum atomic E-state index is 11.8. The number of aromatic nitrogens is 4. The number of carbonyl (C=O) groups excluding carboxylic acids is 2. The third-order valence-electron chi connectivity index (χ3n) is 3.42. The van der Waals surface area contributed by atoms with Crippen LogP contribution in [0.3, 0.4) is 0 Å². The first-order valence-electron chi connectivity index (χ1n) is 7.74. The van der Waals surface area contributed by atoms with Gasteiger partial charge in [0.25, 0.3) is 0 Å². The number of thioether (sulfide) groups is 1. The number of hydrogen-bond donors (Lipinski definition) is 2. The molecule has 3 amide bonds. The van der Waals surface area contributed by atoms with Gasteiger partial charge in [-0.1, -0.05) is 11.8 Å². The normalized spacial score (nSPS) is 13.5. The molecule has 0 radical (unpaired) electrons. The standard InChI is InChI=1S/C15H18N6O2S/c1-2-17-14(23)18-12(22)9-24-15-20-19-13(21(15)11-5-6-11)10-4-3-7-16-8-10/h3-4,7-8,11H,2,5-6,9H2,1H3,(H2,17,18,22,23). The maximum absolute atomic E-state index is 11.8. The highest BCUT2D eigenvalue weighted by Crippen LogP contribution is 2.40. The van der Waals surface area contributed by atoms with E-state index < -0.39 is 6.03 Å². The van der Waals surface area contributed by atoms with Crippen molar-refractivity contribution in [1.29, 1.82) is 0 Å². The fourth-order valence-electron chi connectivity index (χ4n) is 2.23. The van der Waals surface area contributed by atoms with Crippen molar-refractivity contribution in [2.24, 2.45) is 0 Å². The molecule has 0 aromatic carbocycles. The van der Waals surface area contributed by atoms with Crippen molar-refractivity contribution in [2.75, 3.05) is 12.3 Å². The van der Waals surface area contributed by atoms with E-state index in [0.29, 0.717) is 17.7 Å². The van der Waals surface area contributed by atoms with E-state index >= 15 is 0 Å². The highest BCUT2D eigenvalue weighted by Gasteiger charge is 2.30. The monoisotopic (exact) mass is 346 g/mol. The molecule has 3 rings (SSSR count). The number of urea groups is 1. The number of pyridine rings is 1. The molecule has 1 aliphatic carbocycles. The molecule has 0 bridgehead atoms. The lowest BCUT2D eigenvalue weighted by Crippen LogP contribution is -2.40. The van der Waals surface area contributed by atoms with Crippen LogP contribution in [0.25, 0.3) is 11.4 Å². The first-order chi connectivity index (χ1) is 11.7. The molecule has 0 saturated heterocycles. The first kappa shape index (κ1) is 16.4. The Morgan fingerprint density at radius 3 is 2.88 bits per heavy atom. The lowest BCUT2D eigenvalue weighted by Gasteiger charge is -2.08. The van der Waals surface area contributed by atoms with Crippen molar-refractivity contribution >= 4 is 23.7 Å². The van der Waals surface area contributed by atoms with Gasteiger partial charge < -0.3 is 5.32 Å². The second kappa shape index (κ2) is 7.43. The van der Waals surface area contributed by atoms with E-state index in [1.807, 2.05) is 12.1 Å². The Morgan fingerprint density at radius 2 is 2.21 bits per heavy atom. The van der Waals surface area contributed by atoms with Crippen LogP contribution >= 0.6 is 11.8 Å². The average Bonchev–Trinajstić information content (AvgIpc) is 3.33. The van der Waals surface area contributed by atoms with Crippen molar-refractivity contribution < 1.29 is 9.59 Å². The molecular formula is C15H18N6O2S. The number of carbonyl (C=O) groups is 2. The first-order valence-corrected chi connectivity index (χ1v) is 8.73. The van der Waals surface area contributed by atoms with Gasteiger partial charge in [0.1, 0.15) is 0 Å². The minimum Gasteiger partial charge on any atom is -0.338 e. The van der Waals surface area contributed by atoms with Gasteiger partial charge in [-0.15, -0.1) is 10.2 Å². The fourth-order valence-corrected chi connectivity index (χ4v) is 3.03. The zero-order chi connectivity index (χ0) is 16.9. The van der Waals surface area contributed by atoms with E-state index in [4.69, 9.17) is 0 Å². The van der Waals surface area contributed by atoms with Gasteiger partial charge >= 0.3 is 6.03 Å². The number of rotatable bonds is 6. The highest BCUT2D eigenvalue weighted by atomic mass is 32.2. The number of nitrogens with zero attached hydrogens (tertiary/aromatic N) is 4. The van der Waals surface area contributed by atoms with Crippen LogP contribution < -0.4 is 10.6 Å². The topological polar surface area (TPSA) is 102 Å². The van der Waals surface area contributed by atoms with Gasteiger partial charge in [0.05, 0.1) is 5.75 Å². The molecule has 2 N–H and O–H groups in total. The molecule has 1 saturated carbocycles. The molecular weight excluding hydrogens is 328 g/mol. The van der Waals surface area contributed by atoms with Crippen LogP contribution in [0.5, 0.6) is 0 Å². The van der Waals surface area contributed by atoms with Crippen LogP contribution in [0, 0.1) is 0 Å². The molecule has 8 nitrogen and oxygen atoms in total. The van der Waals surface area contributed by atoms with E-state index in [1.165, 1.54) is 11.8 Å². The summed E-state index contributed by atoms with van der Waals surface area (Å²) in [6, 6.07) is 3.67. The zero-order valence-electron chi connectivity index (χ0n) is 13.2. The predicted molar refractivity (Wildman–Crippen MR) is 89.5 cm³/mol. The molecule has 24 heavy (non-hydrogen) atoms. The molecule has 2 aromatic rings. The Morgan fingerprint density at radius 1 is 1.38 bits per heavy atom. The van der Waals surface area contributed by atoms with Crippen LogP contribution in [0.1, 0.15) is 25.8 Å². The van der Waals surface area contributed by atoms with E-state index in [2.05, 4.69) is 30.4 Å². The fraction of sp³-hybridized carbons (Fsp3) is 0.400. The minimum atomic E-state index is -0.484. The Labute approximate surface area is 143 Å². The summed E-state index contributed by atoms with van der Waals surface area (Å²) < 4.78 is 2.06. The summed E-state index contributed by atoms with van der Waals surface area (Å²) in [5.41, 5.74) is 0.899. The lowest BCUT2D eigenvalue weighted by molar-refractivity contribution is -0.117. The van der Waals surface area contributed by atoms with Crippen molar-refractivity contribution in [3.8, 4) is 11.4 Å². The van der Waals surface area contributed by atoms with Gasteiger partial charge in [-0.05, 0) is 31.9 Å². The van der Waals surface area contributed by atoms with Gasteiger partial charge in [0, 0.05) is 30.5 Å². The van der Waals surface area contributed by atoms with Crippen LogP contribution in [-0.4, -0.2) is 44.0 Å². The van der Waals surface area contributed by atoms with Crippen molar-refractivity contribution in [2.45, 2.75) is 31.0 Å². The van der Waals surface area contributed by atoms with Gasteiger partial charge in [-0.3, -0.25) is 19.7 Å². The summed E-state index contributed by atoms with van der Waals surface area (Å²) >= 11 is 1.28. The minimum absolute atomic E-state index is 0.106. The molecule has 0 aliphatic heterocycles. The Hall–Kier alpha value is -2.42. The third-order valence-corrected chi connectivity index (χ3v) is 4.36. The second-order valence-corrected chi connectivity index (χ2v) is 6.29. The summed E-state index contributed by atoms with van der Waals surface area (Å²) in [5.74, 6) is 0.506. The Bertz CT molecular complexity index is 729. The van der Waals surface area contributed by atoms with Crippen LogP contribution in [0.15, 0.2) is 29.7 Å². The molecule has 2 aromatic heterocycles. The largest absolute Gasteiger partial charge is 0.338 e. The van der Waals surface area contributed by atoms with E-state index in [1.54, 1.807) is 19.3 Å². The summed E-state index contributed by atoms with van der Waals surface area (Å²) in [6.07, 6.45) is 5.61. The van der Waals surface area contributed by atoms with Gasteiger partial charge in [-0.25, -0.2) is 4.79 Å². The number of hydrogen-bond acceptors (Lipinski definition) is 6. The number of nitrogens with one attached hydrogen (secondary N) is 2. The zero-order valence-corrected chi connectivity index (χ0v) is 14.0. The smallest absolute Gasteiger partial charge is 0.321 e. The third kappa shape index (κ3) is 3.91. The molecule has 1 fully saturated rings. The molecule has 9 heteroatoms. The quantitative estimate of drug-likeness (QED) is 0.771. The van der Waals surface area contributed by atoms with Gasteiger partial charge in [-0.2, -0.15) is 0 Å². The van der Waals surface area contributed by atoms with Crippen molar-refractivity contribution in [3.05, 3.63) is 24.5 Å². The van der Waals surface area contributed by atoms with Gasteiger partial charge in [0.2, 0.25) is 5.91 Å². The van der Waals surface area contributed by atoms with Crippen molar-refractivity contribution in [3.63, 3.8) is 0 Å². The molecule has 2 heterocycles. The Balaban J connectivity index is 1.69. The van der Waals surface area contributed by atoms with Gasteiger partial charge in [0.15, 0.2) is 11.0 Å². The maximum Gasteiger partial charge on any atom is 0.321 e. The second-order valence-electron chi connectivity index (χ2n) is 5.35. The molecule has 1 aliphatic rings. The number of amides is 3. The predicted octanol–water partition coefficient (Wildman–Crippen LogP) is 1.61. The Kier molecular flexibility index (Phi) is 5.09. The van der Waals surface area contributed by atoms with Crippen LogP contribution in [-0.2, 0) is 4.79 Å². The van der Waals surface area contributed by atoms with E-state index in [-0.39, 0.29) is 11.7 Å². The summed E-state index contributed by atoms with van der Waals surface area (Å²) in [7, 11) is 0. The number of imide groups is 1. The van der Waals surface area contributed by atoms with E-state index in [0.717, 1.165) is 24.2 Å². The summed E-state index contributed by atoms with van der Waals surface area (Å²) in [5, 5.41) is 13.9. The summed E-state index contributed by atoms with van der Waals surface area (Å²) in [6.45, 7) is 2.26. The van der Waals surface area contributed by atoms with Crippen molar-refractivity contribution in [1.82, 2.24) is 30.4 Å². The average molecular weight is 346 g/mol. The molecule has 0 atom stereocenters. The summed E-state index contributed by atoms with van der Waals surface area (Å²) in [4.78, 5) is 27.3. The molecule has 0 spiro atoms. The lowest BCUT2D eigenvalue weighted by atomic mass is 10.3. The van der Waals surface area contributed by atoms with E-state index in [9.17, 15) is 9.59 Å². The van der Waals surface area contributed by atoms with Crippen LogP contribution in [0.4, 0.5) is 4.79 Å². The highest BCUT2D eigenvalue weighted by molar-refractivity contribution is 7.99. The SMILES string of the molecule is CCNC(=O)NC(=O)CSc1nnc(-c2cccnc2)n1C1CC1.